The minimum Gasteiger partial charge on any atom is -0.351 e. The molecule has 0 saturated carbocycles. The number of urea groups is 1. The number of carbonyl (C=O) groups is 2. The number of aromatic amines is 1. The first-order valence-corrected chi connectivity index (χ1v) is 8.62. The van der Waals surface area contributed by atoms with Crippen molar-refractivity contribution in [2.24, 2.45) is 5.73 Å². The second-order valence-corrected chi connectivity index (χ2v) is 6.17. The van der Waals surface area contributed by atoms with E-state index in [-0.39, 0.29) is 5.91 Å². The number of nitrogens with one attached hydrogen (secondary N) is 3. The fourth-order valence-corrected chi connectivity index (χ4v) is 2.92. The van der Waals surface area contributed by atoms with Gasteiger partial charge in [-0.3, -0.25) is 4.79 Å². The van der Waals surface area contributed by atoms with E-state index in [9.17, 15) is 9.59 Å². The zero-order valence-corrected chi connectivity index (χ0v) is 14.8. The van der Waals surface area contributed by atoms with Gasteiger partial charge in [0.05, 0.1) is 16.7 Å². The van der Waals surface area contributed by atoms with E-state index in [1.165, 1.54) is 0 Å². The Kier molecular flexibility index (Phi) is 4.47. The molecular formula is C21H17N5O2. The highest BCUT2D eigenvalue weighted by Crippen LogP contribution is 2.28. The SMILES string of the molecule is NC(=O)Nc1ccc(C(=O)Nc2ccccc2-c2nc3ccccc3[nH]2)cc1. The second-order valence-electron chi connectivity index (χ2n) is 6.17. The number of aromatic nitrogens is 2. The van der Waals surface area contributed by atoms with Gasteiger partial charge in [-0.1, -0.05) is 24.3 Å². The fourth-order valence-electron chi connectivity index (χ4n) is 2.92. The van der Waals surface area contributed by atoms with E-state index in [1.54, 1.807) is 24.3 Å². The number of hydrogen-bond acceptors (Lipinski definition) is 3. The summed E-state index contributed by atoms with van der Waals surface area (Å²) >= 11 is 0. The van der Waals surface area contributed by atoms with E-state index in [4.69, 9.17) is 5.73 Å². The zero-order chi connectivity index (χ0) is 19.5. The smallest absolute Gasteiger partial charge is 0.316 e. The summed E-state index contributed by atoms with van der Waals surface area (Å²) in [5.74, 6) is 0.410. The maximum atomic E-state index is 12.6. The topological polar surface area (TPSA) is 113 Å². The third kappa shape index (κ3) is 3.54. The first kappa shape index (κ1) is 17.3. The number of H-pyrrole nitrogens is 1. The molecule has 3 aromatic carbocycles. The molecule has 138 valence electrons. The summed E-state index contributed by atoms with van der Waals surface area (Å²) in [5, 5.41) is 5.38. The van der Waals surface area contributed by atoms with Gasteiger partial charge in [0.25, 0.3) is 5.91 Å². The maximum absolute atomic E-state index is 12.6. The molecule has 1 heterocycles. The van der Waals surface area contributed by atoms with Crippen molar-refractivity contribution < 1.29 is 9.59 Å². The Bertz CT molecular complexity index is 1130. The van der Waals surface area contributed by atoms with Crippen LogP contribution in [0.2, 0.25) is 0 Å². The lowest BCUT2D eigenvalue weighted by Crippen LogP contribution is -2.19. The number of fused-ring (bicyclic) bond motifs is 1. The van der Waals surface area contributed by atoms with Gasteiger partial charge in [0.2, 0.25) is 0 Å². The Morgan fingerprint density at radius 3 is 2.32 bits per heavy atom. The molecule has 0 aliphatic rings. The molecule has 0 atom stereocenters. The number of rotatable bonds is 4. The molecule has 0 radical (unpaired) electrons. The number of nitrogens with zero attached hydrogens (tertiary/aromatic N) is 1. The zero-order valence-electron chi connectivity index (χ0n) is 14.8. The second kappa shape index (κ2) is 7.24. The lowest BCUT2D eigenvalue weighted by molar-refractivity contribution is 0.102. The van der Waals surface area contributed by atoms with Gasteiger partial charge in [-0.05, 0) is 48.5 Å². The van der Waals surface area contributed by atoms with Crippen LogP contribution in [0.4, 0.5) is 16.2 Å². The standard InChI is InChI=1S/C21H17N5O2/c22-21(28)23-14-11-9-13(10-12-14)20(27)26-16-6-2-1-5-15(16)19-24-17-7-3-4-8-18(17)25-19/h1-12H,(H,24,25)(H,26,27)(H3,22,23,28). The van der Waals surface area contributed by atoms with Crippen LogP contribution in [-0.2, 0) is 0 Å². The molecule has 1 aromatic heterocycles. The molecule has 0 unspecified atom stereocenters. The van der Waals surface area contributed by atoms with E-state index in [0.29, 0.717) is 22.8 Å². The summed E-state index contributed by atoms with van der Waals surface area (Å²) in [6.45, 7) is 0. The minimum absolute atomic E-state index is 0.269. The number of nitrogens with two attached hydrogens (primary N) is 1. The molecule has 0 saturated heterocycles. The largest absolute Gasteiger partial charge is 0.351 e. The van der Waals surface area contributed by atoms with Crippen LogP contribution in [0.1, 0.15) is 10.4 Å². The Morgan fingerprint density at radius 2 is 1.57 bits per heavy atom. The summed E-state index contributed by atoms with van der Waals surface area (Å²) in [6, 6.07) is 21.0. The molecule has 7 heteroatoms. The molecule has 0 aliphatic carbocycles. The van der Waals surface area contributed by atoms with Crippen LogP contribution >= 0.6 is 0 Å². The molecule has 0 fully saturated rings. The van der Waals surface area contributed by atoms with Gasteiger partial charge >= 0.3 is 6.03 Å². The third-order valence-electron chi connectivity index (χ3n) is 4.23. The predicted octanol–water partition coefficient (Wildman–Crippen LogP) is 3.97. The lowest BCUT2D eigenvalue weighted by atomic mass is 10.1. The average Bonchev–Trinajstić information content (AvgIpc) is 3.12. The summed E-state index contributed by atoms with van der Waals surface area (Å²) in [5.41, 5.74) is 9.28. The van der Waals surface area contributed by atoms with Crippen molar-refractivity contribution in [3.05, 3.63) is 78.4 Å². The van der Waals surface area contributed by atoms with Crippen molar-refractivity contribution in [1.82, 2.24) is 9.97 Å². The normalized spacial score (nSPS) is 10.6. The molecule has 7 nitrogen and oxygen atoms in total. The number of hydrogen-bond donors (Lipinski definition) is 4. The quantitative estimate of drug-likeness (QED) is 0.435. The number of para-hydroxylation sites is 3. The number of benzene rings is 3. The van der Waals surface area contributed by atoms with Gasteiger partial charge in [0.15, 0.2) is 0 Å². The van der Waals surface area contributed by atoms with Gasteiger partial charge < -0.3 is 21.4 Å². The fraction of sp³-hybridized carbons (Fsp3) is 0. The number of amides is 3. The molecule has 0 spiro atoms. The molecule has 4 rings (SSSR count). The van der Waals surface area contributed by atoms with Crippen molar-refractivity contribution in [2.75, 3.05) is 10.6 Å². The van der Waals surface area contributed by atoms with Crippen LogP contribution in [-0.4, -0.2) is 21.9 Å². The highest BCUT2D eigenvalue weighted by molar-refractivity contribution is 6.06. The first-order chi connectivity index (χ1) is 13.6. The van der Waals surface area contributed by atoms with Crippen LogP contribution in [0.15, 0.2) is 72.8 Å². The molecular weight excluding hydrogens is 354 g/mol. The number of imidazole rings is 1. The van der Waals surface area contributed by atoms with Gasteiger partial charge in [0.1, 0.15) is 5.82 Å². The van der Waals surface area contributed by atoms with Gasteiger partial charge in [0, 0.05) is 16.8 Å². The minimum atomic E-state index is -0.656. The molecule has 0 aliphatic heterocycles. The predicted molar refractivity (Wildman–Crippen MR) is 109 cm³/mol. The van der Waals surface area contributed by atoms with E-state index < -0.39 is 6.03 Å². The van der Waals surface area contributed by atoms with Crippen molar-refractivity contribution >= 4 is 34.3 Å². The molecule has 4 aromatic rings. The molecule has 5 N–H and O–H groups in total. The number of primary amides is 1. The van der Waals surface area contributed by atoms with Crippen molar-refractivity contribution in [3.63, 3.8) is 0 Å². The Morgan fingerprint density at radius 1 is 0.857 bits per heavy atom. The first-order valence-electron chi connectivity index (χ1n) is 8.62. The summed E-state index contributed by atoms with van der Waals surface area (Å²) in [6.07, 6.45) is 0. The van der Waals surface area contributed by atoms with Crippen LogP contribution < -0.4 is 16.4 Å². The Labute approximate surface area is 160 Å². The van der Waals surface area contributed by atoms with Crippen molar-refractivity contribution in [3.8, 4) is 11.4 Å². The third-order valence-corrected chi connectivity index (χ3v) is 4.23. The van der Waals surface area contributed by atoms with Crippen LogP contribution in [0.5, 0.6) is 0 Å². The monoisotopic (exact) mass is 371 g/mol. The highest BCUT2D eigenvalue weighted by atomic mass is 16.2. The van der Waals surface area contributed by atoms with E-state index in [1.807, 2.05) is 48.5 Å². The number of carbonyl (C=O) groups excluding carboxylic acids is 2. The molecule has 3 amide bonds. The molecule has 28 heavy (non-hydrogen) atoms. The van der Waals surface area contributed by atoms with E-state index in [0.717, 1.165) is 16.6 Å². The maximum Gasteiger partial charge on any atom is 0.316 e. The lowest BCUT2D eigenvalue weighted by Gasteiger charge is -2.10. The molecule has 0 bridgehead atoms. The van der Waals surface area contributed by atoms with Crippen LogP contribution in [0, 0.1) is 0 Å². The van der Waals surface area contributed by atoms with Gasteiger partial charge in [-0.2, -0.15) is 0 Å². The summed E-state index contributed by atoms with van der Waals surface area (Å²) in [7, 11) is 0. The van der Waals surface area contributed by atoms with Crippen LogP contribution in [0.3, 0.4) is 0 Å². The van der Waals surface area contributed by atoms with E-state index >= 15 is 0 Å². The van der Waals surface area contributed by atoms with Gasteiger partial charge in [-0.25, -0.2) is 9.78 Å². The number of anilines is 2. The Hall–Kier alpha value is -4.13. The highest BCUT2D eigenvalue weighted by Gasteiger charge is 2.13. The summed E-state index contributed by atoms with van der Waals surface area (Å²) < 4.78 is 0. The van der Waals surface area contributed by atoms with Crippen molar-refractivity contribution in [2.45, 2.75) is 0 Å². The van der Waals surface area contributed by atoms with Gasteiger partial charge in [-0.15, -0.1) is 0 Å². The Balaban J connectivity index is 1.60. The van der Waals surface area contributed by atoms with Crippen molar-refractivity contribution in [1.29, 1.82) is 0 Å². The summed E-state index contributed by atoms with van der Waals surface area (Å²) in [4.78, 5) is 31.4. The van der Waals surface area contributed by atoms with E-state index in [2.05, 4.69) is 20.6 Å². The van der Waals surface area contributed by atoms with Crippen LogP contribution in [0.25, 0.3) is 22.4 Å². The average molecular weight is 371 g/mol.